The molecule has 0 radical (unpaired) electrons. The van der Waals surface area contributed by atoms with Crippen molar-refractivity contribution in [3.05, 3.63) is 71.3 Å². The Bertz CT molecular complexity index is 667. The van der Waals surface area contributed by atoms with Crippen molar-refractivity contribution in [2.75, 3.05) is 0 Å². The van der Waals surface area contributed by atoms with Crippen LogP contribution in [0.15, 0.2) is 54.6 Å². The number of aryl methyl sites for hydroxylation is 1. The highest BCUT2D eigenvalue weighted by Gasteiger charge is 2.18. The van der Waals surface area contributed by atoms with Gasteiger partial charge < -0.3 is 10.4 Å². The Morgan fingerprint density at radius 3 is 2.39 bits per heavy atom. The van der Waals surface area contributed by atoms with E-state index in [1.54, 1.807) is 0 Å². The van der Waals surface area contributed by atoms with Crippen molar-refractivity contribution in [3.63, 3.8) is 0 Å². The van der Waals surface area contributed by atoms with Crippen LogP contribution in [-0.2, 0) is 22.4 Å². The van der Waals surface area contributed by atoms with Gasteiger partial charge in [0.05, 0.1) is 18.9 Å². The quantitative estimate of drug-likeness (QED) is 0.825. The highest BCUT2D eigenvalue weighted by Crippen LogP contribution is 2.17. The van der Waals surface area contributed by atoms with Gasteiger partial charge in [-0.15, -0.1) is 0 Å². The van der Waals surface area contributed by atoms with E-state index in [0.717, 1.165) is 17.5 Å². The van der Waals surface area contributed by atoms with Crippen LogP contribution in [0.1, 0.15) is 36.1 Å². The lowest BCUT2D eigenvalue weighted by Crippen LogP contribution is -2.31. The summed E-state index contributed by atoms with van der Waals surface area (Å²) in [6.07, 6.45) is 1.03. The lowest BCUT2D eigenvalue weighted by atomic mass is 10.0. The Labute approximate surface area is 136 Å². The van der Waals surface area contributed by atoms with Crippen LogP contribution >= 0.6 is 0 Å². The third-order valence-electron chi connectivity index (χ3n) is 3.68. The summed E-state index contributed by atoms with van der Waals surface area (Å²) >= 11 is 0. The van der Waals surface area contributed by atoms with Crippen molar-refractivity contribution >= 4 is 11.9 Å². The minimum atomic E-state index is -0.938. The molecule has 23 heavy (non-hydrogen) atoms. The van der Waals surface area contributed by atoms with Crippen LogP contribution < -0.4 is 5.32 Å². The molecule has 2 aromatic rings. The number of aliphatic carboxylic acids is 1. The van der Waals surface area contributed by atoms with Gasteiger partial charge >= 0.3 is 5.97 Å². The molecule has 1 atom stereocenters. The number of carboxylic acid groups (broad SMARTS) is 1. The third-order valence-corrected chi connectivity index (χ3v) is 3.68. The zero-order valence-electron chi connectivity index (χ0n) is 13.2. The van der Waals surface area contributed by atoms with Crippen LogP contribution in [0.3, 0.4) is 0 Å². The molecular formula is C19H21NO3. The van der Waals surface area contributed by atoms with E-state index in [2.05, 4.69) is 12.2 Å². The van der Waals surface area contributed by atoms with E-state index >= 15 is 0 Å². The van der Waals surface area contributed by atoms with Crippen LogP contribution in [0.4, 0.5) is 0 Å². The minimum absolute atomic E-state index is 0.134. The second-order valence-electron chi connectivity index (χ2n) is 5.48. The van der Waals surface area contributed by atoms with Gasteiger partial charge in [-0.05, 0) is 23.1 Å². The molecule has 0 aliphatic heterocycles. The zero-order chi connectivity index (χ0) is 16.7. The zero-order valence-corrected chi connectivity index (χ0v) is 13.2. The first-order valence-electron chi connectivity index (χ1n) is 7.72. The van der Waals surface area contributed by atoms with E-state index in [1.807, 2.05) is 54.6 Å². The third kappa shape index (κ3) is 5.25. The molecule has 0 saturated carbocycles. The van der Waals surface area contributed by atoms with E-state index in [9.17, 15) is 9.59 Å². The fourth-order valence-electron chi connectivity index (χ4n) is 2.50. The Morgan fingerprint density at radius 2 is 1.74 bits per heavy atom. The monoisotopic (exact) mass is 311 g/mol. The minimum Gasteiger partial charge on any atom is -0.481 e. The van der Waals surface area contributed by atoms with Crippen LogP contribution in [0.5, 0.6) is 0 Å². The molecule has 2 rings (SSSR count). The van der Waals surface area contributed by atoms with Gasteiger partial charge in [-0.25, -0.2) is 0 Å². The number of carbonyl (C=O) groups excluding carboxylic acids is 1. The molecule has 4 heteroatoms. The van der Waals surface area contributed by atoms with E-state index in [1.165, 1.54) is 5.56 Å². The highest BCUT2D eigenvalue weighted by molar-refractivity contribution is 5.80. The number of carbonyl (C=O) groups is 2. The van der Waals surface area contributed by atoms with Crippen molar-refractivity contribution in [2.24, 2.45) is 0 Å². The first kappa shape index (κ1) is 16.7. The Balaban J connectivity index is 2.06. The Morgan fingerprint density at radius 1 is 1.04 bits per heavy atom. The average molecular weight is 311 g/mol. The average Bonchev–Trinajstić information content (AvgIpc) is 2.54. The van der Waals surface area contributed by atoms with Gasteiger partial charge in [-0.3, -0.25) is 9.59 Å². The van der Waals surface area contributed by atoms with Crippen LogP contribution in [0, 0.1) is 0 Å². The van der Waals surface area contributed by atoms with Crippen molar-refractivity contribution in [2.45, 2.75) is 32.2 Å². The lowest BCUT2D eigenvalue weighted by molar-refractivity contribution is -0.137. The maximum Gasteiger partial charge on any atom is 0.305 e. The first-order chi connectivity index (χ1) is 11.1. The molecule has 1 amide bonds. The van der Waals surface area contributed by atoms with Gasteiger partial charge in [-0.1, -0.05) is 61.5 Å². The number of carboxylic acids is 1. The molecule has 2 N–H and O–H groups in total. The molecule has 4 nitrogen and oxygen atoms in total. The SMILES string of the molecule is CCc1cccc(CC(=O)NC(CC(=O)O)c2ccccc2)c1. The van der Waals surface area contributed by atoms with E-state index in [0.29, 0.717) is 0 Å². The van der Waals surface area contributed by atoms with E-state index < -0.39 is 12.0 Å². The summed E-state index contributed by atoms with van der Waals surface area (Å²) in [4.78, 5) is 23.3. The summed E-state index contributed by atoms with van der Waals surface area (Å²) in [6.45, 7) is 2.07. The van der Waals surface area contributed by atoms with Gasteiger partial charge in [-0.2, -0.15) is 0 Å². The summed E-state index contributed by atoms with van der Waals surface area (Å²) in [7, 11) is 0. The van der Waals surface area contributed by atoms with Crippen LogP contribution in [-0.4, -0.2) is 17.0 Å². The predicted octanol–water partition coefficient (Wildman–Crippen LogP) is 3.12. The van der Waals surface area contributed by atoms with Crippen molar-refractivity contribution in [3.8, 4) is 0 Å². The summed E-state index contributed by atoms with van der Waals surface area (Å²) < 4.78 is 0. The number of nitrogens with one attached hydrogen (secondary N) is 1. The van der Waals surface area contributed by atoms with Crippen molar-refractivity contribution in [1.82, 2.24) is 5.32 Å². The van der Waals surface area contributed by atoms with Crippen LogP contribution in [0.25, 0.3) is 0 Å². The molecular weight excluding hydrogens is 290 g/mol. The van der Waals surface area contributed by atoms with Gasteiger partial charge in [0.15, 0.2) is 0 Å². The molecule has 120 valence electrons. The topological polar surface area (TPSA) is 66.4 Å². The predicted molar refractivity (Wildman–Crippen MR) is 89.1 cm³/mol. The Kier molecular flexibility index (Phi) is 5.92. The molecule has 0 aliphatic rings. The second kappa shape index (κ2) is 8.13. The fraction of sp³-hybridized carbons (Fsp3) is 0.263. The molecule has 0 aliphatic carbocycles. The molecule has 0 bridgehead atoms. The van der Waals surface area contributed by atoms with E-state index in [-0.39, 0.29) is 18.7 Å². The molecule has 1 unspecified atom stereocenters. The standard InChI is InChI=1S/C19H21NO3/c1-2-14-7-6-8-15(11-14)12-18(21)20-17(13-19(22)23)16-9-4-3-5-10-16/h3-11,17H,2,12-13H2,1H3,(H,20,21)(H,22,23). The number of hydrogen-bond acceptors (Lipinski definition) is 2. The van der Waals surface area contributed by atoms with Gasteiger partial charge in [0.1, 0.15) is 0 Å². The van der Waals surface area contributed by atoms with Crippen molar-refractivity contribution < 1.29 is 14.7 Å². The molecule has 0 aromatic heterocycles. The lowest BCUT2D eigenvalue weighted by Gasteiger charge is -2.17. The van der Waals surface area contributed by atoms with Gasteiger partial charge in [0.25, 0.3) is 0 Å². The maximum absolute atomic E-state index is 12.3. The molecule has 2 aromatic carbocycles. The number of hydrogen-bond donors (Lipinski definition) is 2. The van der Waals surface area contributed by atoms with Gasteiger partial charge in [0.2, 0.25) is 5.91 Å². The summed E-state index contributed by atoms with van der Waals surface area (Å²) in [5.41, 5.74) is 2.91. The van der Waals surface area contributed by atoms with Crippen LogP contribution in [0.2, 0.25) is 0 Å². The molecule has 0 heterocycles. The molecule has 0 fully saturated rings. The first-order valence-corrected chi connectivity index (χ1v) is 7.72. The Hall–Kier alpha value is -2.62. The van der Waals surface area contributed by atoms with E-state index in [4.69, 9.17) is 5.11 Å². The summed E-state index contributed by atoms with van der Waals surface area (Å²) in [6, 6.07) is 16.5. The number of amides is 1. The largest absolute Gasteiger partial charge is 0.481 e. The summed E-state index contributed by atoms with van der Waals surface area (Å²) in [5.74, 6) is -1.11. The molecule has 0 saturated heterocycles. The number of benzene rings is 2. The van der Waals surface area contributed by atoms with Crippen molar-refractivity contribution in [1.29, 1.82) is 0 Å². The summed E-state index contributed by atoms with van der Waals surface area (Å²) in [5, 5.41) is 11.9. The number of rotatable bonds is 7. The maximum atomic E-state index is 12.3. The second-order valence-corrected chi connectivity index (χ2v) is 5.48. The molecule has 0 spiro atoms. The normalized spacial score (nSPS) is 11.7. The highest BCUT2D eigenvalue weighted by atomic mass is 16.4. The van der Waals surface area contributed by atoms with Gasteiger partial charge in [0, 0.05) is 0 Å². The smallest absolute Gasteiger partial charge is 0.305 e. The fourth-order valence-corrected chi connectivity index (χ4v) is 2.50.